The van der Waals surface area contributed by atoms with Crippen molar-refractivity contribution < 1.29 is 17.6 Å². The summed E-state index contributed by atoms with van der Waals surface area (Å²) in [6.07, 6.45) is 1.40. The zero-order valence-corrected chi connectivity index (χ0v) is 10.6. The van der Waals surface area contributed by atoms with Crippen molar-refractivity contribution in [2.75, 3.05) is 0 Å². The molecule has 1 heterocycles. The van der Waals surface area contributed by atoms with Crippen LogP contribution in [-0.2, 0) is 6.54 Å². The molecule has 0 aliphatic heterocycles. The highest BCUT2D eigenvalue weighted by Gasteiger charge is 2.18. The van der Waals surface area contributed by atoms with Gasteiger partial charge in [0.05, 0.1) is 12.8 Å². The second kappa shape index (κ2) is 5.48. The smallest absolute Gasteiger partial charge is 0.195 e. The van der Waals surface area contributed by atoms with Gasteiger partial charge in [0.25, 0.3) is 0 Å². The highest BCUT2D eigenvalue weighted by atomic mass is 19.2. The second-order valence-electron chi connectivity index (χ2n) is 4.52. The summed E-state index contributed by atoms with van der Waals surface area (Å²) in [6.45, 7) is 4.31. The lowest BCUT2D eigenvalue weighted by Crippen LogP contribution is -2.21. The zero-order chi connectivity index (χ0) is 14.0. The Hall–Kier alpha value is -1.75. The lowest BCUT2D eigenvalue weighted by Gasteiger charge is -2.09. The normalized spacial score (nSPS) is 11.3. The van der Waals surface area contributed by atoms with Crippen molar-refractivity contribution in [1.29, 1.82) is 0 Å². The maximum Gasteiger partial charge on any atom is 0.195 e. The Morgan fingerprint density at radius 2 is 1.79 bits per heavy atom. The van der Waals surface area contributed by atoms with Gasteiger partial charge in [-0.15, -0.1) is 0 Å². The molecule has 2 aromatic rings. The fourth-order valence-electron chi connectivity index (χ4n) is 1.75. The van der Waals surface area contributed by atoms with E-state index in [1.807, 2.05) is 13.8 Å². The van der Waals surface area contributed by atoms with E-state index in [0.29, 0.717) is 17.9 Å². The lowest BCUT2D eigenvalue weighted by atomic mass is 10.1. The lowest BCUT2D eigenvalue weighted by molar-refractivity contribution is 0.447. The predicted molar refractivity (Wildman–Crippen MR) is 66.0 cm³/mol. The molecule has 5 heteroatoms. The molecule has 1 aromatic carbocycles. The van der Waals surface area contributed by atoms with Crippen LogP contribution in [0.2, 0.25) is 0 Å². The quantitative estimate of drug-likeness (QED) is 0.852. The van der Waals surface area contributed by atoms with Gasteiger partial charge in [0, 0.05) is 17.2 Å². The Morgan fingerprint density at radius 3 is 2.47 bits per heavy atom. The van der Waals surface area contributed by atoms with Crippen molar-refractivity contribution in [3.05, 3.63) is 47.7 Å². The van der Waals surface area contributed by atoms with Gasteiger partial charge in [-0.25, -0.2) is 13.2 Å². The van der Waals surface area contributed by atoms with Crippen molar-refractivity contribution >= 4 is 0 Å². The molecule has 102 valence electrons. The molecule has 2 rings (SSSR count). The first kappa shape index (κ1) is 13.7. The fraction of sp³-hybridized carbons (Fsp3) is 0.286. The summed E-state index contributed by atoms with van der Waals surface area (Å²) in [6, 6.07) is 3.87. The number of hydrogen-bond donors (Lipinski definition) is 1. The molecule has 2 nitrogen and oxygen atoms in total. The summed E-state index contributed by atoms with van der Waals surface area (Å²) in [7, 11) is 0. The summed E-state index contributed by atoms with van der Waals surface area (Å²) < 4.78 is 45.1. The molecule has 19 heavy (non-hydrogen) atoms. The minimum absolute atomic E-state index is 0.00629. The SMILES string of the molecule is CC(C)NCc1occc1-c1ccc(F)c(F)c1F. The Labute approximate surface area is 109 Å². The topological polar surface area (TPSA) is 25.2 Å². The van der Waals surface area contributed by atoms with Crippen LogP contribution in [0.15, 0.2) is 28.9 Å². The highest BCUT2D eigenvalue weighted by Crippen LogP contribution is 2.29. The van der Waals surface area contributed by atoms with Crippen molar-refractivity contribution in [3.8, 4) is 11.1 Å². The van der Waals surface area contributed by atoms with Gasteiger partial charge in [-0.2, -0.15) is 0 Å². The molecule has 0 spiro atoms. The van der Waals surface area contributed by atoms with Crippen molar-refractivity contribution in [3.63, 3.8) is 0 Å². The molecule has 0 radical (unpaired) electrons. The number of benzene rings is 1. The molecule has 0 amide bonds. The van der Waals surface area contributed by atoms with Crippen LogP contribution in [0.1, 0.15) is 19.6 Å². The third kappa shape index (κ3) is 2.81. The first-order valence-electron chi connectivity index (χ1n) is 5.94. The van der Waals surface area contributed by atoms with Gasteiger partial charge in [-0.05, 0) is 18.2 Å². The maximum absolute atomic E-state index is 13.7. The molecule has 0 bridgehead atoms. The zero-order valence-electron chi connectivity index (χ0n) is 10.6. The minimum Gasteiger partial charge on any atom is -0.467 e. The molecule has 0 aliphatic carbocycles. The van der Waals surface area contributed by atoms with E-state index in [-0.39, 0.29) is 11.6 Å². The number of hydrogen-bond acceptors (Lipinski definition) is 2. The van der Waals surface area contributed by atoms with Crippen molar-refractivity contribution in [2.24, 2.45) is 0 Å². The van der Waals surface area contributed by atoms with Crippen molar-refractivity contribution in [2.45, 2.75) is 26.4 Å². The van der Waals surface area contributed by atoms with Crippen LogP contribution in [0.3, 0.4) is 0 Å². The molecule has 1 aromatic heterocycles. The molecule has 0 fully saturated rings. The molecule has 0 unspecified atom stereocenters. The second-order valence-corrected chi connectivity index (χ2v) is 4.52. The van der Waals surface area contributed by atoms with E-state index in [1.165, 1.54) is 18.4 Å². The Balaban J connectivity index is 2.37. The first-order chi connectivity index (χ1) is 9.00. The Kier molecular flexibility index (Phi) is 3.95. The summed E-state index contributed by atoms with van der Waals surface area (Å²) in [4.78, 5) is 0. The van der Waals surface area contributed by atoms with Crippen LogP contribution < -0.4 is 5.32 Å². The van der Waals surface area contributed by atoms with Crippen LogP contribution >= 0.6 is 0 Å². The van der Waals surface area contributed by atoms with Crippen LogP contribution in [0, 0.1) is 17.5 Å². The van der Waals surface area contributed by atoms with E-state index < -0.39 is 17.5 Å². The summed E-state index contributed by atoms with van der Waals surface area (Å²) in [5.41, 5.74) is 0.415. The number of rotatable bonds is 4. The fourth-order valence-corrected chi connectivity index (χ4v) is 1.75. The van der Waals surface area contributed by atoms with Gasteiger partial charge in [0.2, 0.25) is 0 Å². The van der Waals surface area contributed by atoms with Gasteiger partial charge < -0.3 is 9.73 Å². The monoisotopic (exact) mass is 269 g/mol. The number of halogens is 3. The van der Waals surface area contributed by atoms with Crippen LogP contribution in [0.25, 0.3) is 11.1 Å². The van der Waals surface area contributed by atoms with Gasteiger partial charge in [0.1, 0.15) is 5.76 Å². The molecule has 0 aliphatic rings. The average molecular weight is 269 g/mol. The molecule has 0 saturated carbocycles. The average Bonchev–Trinajstić information content (AvgIpc) is 2.82. The van der Waals surface area contributed by atoms with Crippen LogP contribution in [-0.4, -0.2) is 6.04 Å². The summed E-state index contributed by atoms with van der Waals surface area (Å²) in [5.74, 6) is -3.39. The van der Waals surface area contributed by atoms with Gasteiger partial charge in [-0.3, -0.25) is 0 Å². The van der Waals surface area contributed by atoms with E-state index >= 15 is 0 Å². The molecular weight excluding hydrogens is 255 g/mol. The molecule has 1 N–H and O–H groups in total. The van der Waals surface area contributed by atoms with E-state index in [2.05, 4.69) is 5.32 Å². The minimum atomic E-state index is -1.47. The van der Waals surface area contributed by atoms with E-state index in [0.717, 1.165) is 6.07 Å². The van der Waals surface area contributed by atoms with Gasteiger partial charge >= 0.3 is 0 Å². The van der Waals surface area contributed by atoms with E-state index in [1.54, 1.807) is 0 Å². The van der Waals surface area contributed by atoms with Crippen LogP contribution in [0.5, 0.6) is 0 Å². The largest absolute Gasteiger partial charge is 0.467 e. The molecule has 0 saturated heterocycles. The van der Waals surface area contributed by atoms with E-state index in [4.69, 9.17) is 4.42 Å². The third-order valence-corrected chi connectivity index (χ3v) is 2.74. The van der Waals surface area contributed by atoms with Crippen molar-refractivity contribution in [1.82, 2.24) is 5.32 Å². The Bertz CT molecular complexity index is 578. The predicted octanol–water partition coefficient (Wildman–Crippen LogP) is 3.86. The molecular formula is C14H14F3NO. The standard InChI is InChI=1S/C14H14F3NO/c1-8(2)18-7-12-9(5-6-19-12)10-3-4-11(15)14(17)13(10)16/h3-6,8,18H,7H2,1-2H3. The number of furan rings is 1. The third-order valence-electron chi connectivity index (χ3n) is 2.74. The maximum atomic E-state index is 13.7. The first-order valence-corrected chi connectivity index (χ1v) is 5.94. The van der Waals surface area contributed by atoms with Gasteiger partial charge in [0.15, 0.2) is 17.5 Å². The molecule has 0 atom stereocenters. The van der Waals surface area contributed by atoms with E-state index in [9.17, 15) is 13.2 Å². The summed E-state index contributed by atoms with van der Waals surface area (Å²) in [5, 5.41) is 3.12. The Morgan fingerprint density at radius 1 is 1.05 bits per heavy atom. The van der Waals surface area contributed by atoms with Crippen LogP contribution in [0.4, 0.5) is 13.2 Å². The highest BCUT2D eigenvalue weighted by molar-refractivity contribution is 5.66. The number of nitrogens with one attached hydrogen (secondary N) is 1. The summed E-state index contributed by atoms with van der Waals surface area (Å²) >= 11 is 0. The van der Waals surface area contributed by atoms with Gasteiger partial charge in [-0.1, -0.05) is 13.8 Å².